The van der Waals surface area contributed by atoms with Gasteiger partial charge >= 0.3 is 0 Å². The predicted molar refractivity (Wildman–Crippen MR) is 64.3 cm³/mol. The molecule has 16 heavy (non-hydrogen) atoms. The van der Waals surface area contributed by atoms with Gasteiger partial charge in [-0.1, -0.05) is 41.9 Å². The molecule has 0 aliphatic heterocycles. The standard InChI is InChI=1S/C13H11ClO2/c14-10-15-12-8-4-5-9-13(12)16-11-6-2-1-3-7-11/h1-9H,10H2. The molecular formula is C13H11ClO2. The van der Waals surface area contributed by atoms with Crippen LogP contribution in [0.3, 0.4) is 0 Å². The molecular weight excluding hydrogens is 224 g/mol. The van der Waals surface area contributed by atoms with Crippen molar-refractivity contribution in [1.82, 2.24) is 0 Å². The van der Waals surface area contributed by atoms with Crippen LogP contribution >= 0.6 is 11.6 Å². The number of rotatable bonds is 4. The molecule has 2 aromatic rings. The van der Waals surface area contributed by atoms with Crippen LogP contribution in [0.4, 0.5) is 0 Å². The Bertz CT molecular complexity index is 443. The summed E-state index contributed by atoms with van der Waals surface area (Å²) >= 11 is 5.53. The molecule has 0 aromatic heterocycles. The summed E-state index contributed by atoms with van der Waals surface area (Å²) in [6.45, 7) is 0. The van der Waals surface area contributed by atoms with Crippen molar-refractivity contribution in [3.8, 4) is 17.2 Å². The highest BCUT2D eigenvalue weighted by Gasteiger charge is 2.04. The van der Waals surface area contributed by atoms with Gasteiger partial charge in [0, 0.05) is 0 Å². The first-order valence-electron chi connectivity index (χ1n) is 4.91. The van der Waals surface area contributed by atoms with E-state index in [4.69, 9.17) is 21.1 Å². The first-order valence-corrected chi connectivity index (χ1v) is 5.44. The molecule has 2 rings (SSSR count). The van der Waals surface area contributed by atoms with Crippen LogP contribution in [0.15, 0.2) is 54.6 Å². The summed E-state index contributed by atoms with van der Waals surface area (Å²) in [5, 5.41) is 0. The van der Waals surface area contributed by atoms with Gasteiger partial charge in [-0.3, -0.25) is 0 Å². The molecule has 0 bridgehead atoms. The lowest BCUT2D eigenvalue weighted by Crippen LogP contribution is -1.92. The first kappa shape index (κ1) is 10.8. The van der Waals surface area contributed by atoms with Gasteiger partial charge in [0.1, 0.15) is 5.75 Å². The molecule has 0 fully saturated rings. The molecule has 0 N–H and O–H groups in total. The fourth-order valence-corrected chi connectivity index (χ4v) is 1.45. The van der Waals surface area contributed by atoms with Crippen LogP contribution in [0, 0.1) is 0 Å². The van der Waals surface area contributed by atoms with E-state index in [0.29, 0.717) is 11.5 Å². The van der Waals surface area contributed by atoms with Crippen LogP contribution in [0.5, 0.6) is 17.2 Å². The highest BCUT2D eigenvalue weighted by atomic mass is 35.5. The van der Waals surface area contributed by atoms with E-state index < -0.39 is 0 Å². The van der Waals surface area contributed by atoms with Crippen LogP contribution in [0.25, 0.3) is 0 Å². The third kappa shape index (κ3) is 2.67. The van der Waals surface area contributed by atoms with Crippen LogP contribution in [0.1, 0.15) is 0 Å². The van der Waals surface area contributed by atoms with Gasteiger partial charge in [-0.05, 0) is 24.3 Å². The summed E-state index contributed by atoms with van der Waals surface area (Å²) in [5.74, 6) is 2.07. The maximum absolute atomic E-state index is 5.68. The van der Waals surface area contributed by atoms with Crippen molar-refractivity contribution in [3.05, 3.63) is 54.6 Å². The zero-order chi connectivity index (χ0) is 11.2. The van der Waals surface area contributed by atoms with E-state index in [-0.39, 0.29) is 6.07 Å². The Hall–Kier alpha value is -1.67. The quantitative estimate of drug-likeness (QED) is 0.743. The van der Waals surface area contributed by atoms with Crippen LogP contribution in [-0.2, 0) is 0 Å². The monoisotopic (exact) mass is 234 g/mol. The van der Waals surface area contributed by atoms with E-state index in [1.807, 2.05) is 54.6 Å². The molecule has 0 radical (unpaired) electrons. The Morgan fingerprint density at radius 2 is 1.44 bits per heavy atom. The maximum atomic E-state index is 5.68. The summed E-state index contributed by atoms with van der Waals surface area (Å²) in [6, 6.07) is 17.1. The van der Waals surface area contributed by atoms with Crippen LogP contribution < -0.4 is 9.47 Å². The van der Waals surface area contributed by atoms with Crippen molar-refractivity contribution in [2.24, 2.45) is 0 Å². The minimum Gasteiger partial charge on any atom is -0.474 e. The Balaban J connectivity index is 2.21. The fraction of sp³-hybridized carbons (Fsp3) is 0.0769. The predicted octanol–water partition coefficient (Wildman–Crippen LogP) is 4.05. The summed E-state index contributed by atoms with van der Waals surface area (Å²) in [7, 11) is 0. The van der Waals surface area contributed by atoms with Gasteiger partial charge in [-0.25, -0.2) is 0 Å². The molecule has 2 nitrogen and oxygen atoms in total. The van der Waals surface area contributed by atoms with E-state index in [1.54, 1.807) is 0 Å². The second-order valence-electron chi connectivity index (χ2n) is 3.12. The molecule has 0 spiro atoms. The molecule has 3 heteroatoms. The fourth-order valence-electron chi connectivity index (χ4n) is 1.33. The Morgan fingerprint density at radius 3 is 2.12 bits per heavy atom. The van der Waals surface area contributed by atoms with Gasteiger partial charge in [-0.15, -0.1) is 0 Å². The van der Waals surface area contributed by atoms with Crippen molar-refractivity contribution in [3.63, 3.8) is 0 Å². The van der Waals surface area contributed by atoms with Gasteiger partial charge in [0.15, 0.2) is 17.6 Å². The average molecular weight is 235 g/mol. The molecule has 0 atom stereocenters. The molecule has 2 aromatic carbocycles. The molecule has 82 valence electrons. The third-order valence-electron chi connectivity index (χ3n) is 2.03. The van der Waals surface area contributed by atoms with Crippen molar-refractivity contribution >= 4 is 11.6 Å². The van der Waals surface area contributed by atoms with Crippen LogP contribution in [-0.4, -0.2) is 6.07 Å². The number of hydrogen-bond acceptors (Lipinski definition) is 2. The lowest BCUT2D eigenvalue weighted by Gasteiger charge is -2.10. The SMILES string of the molecule is ClCOc1ccccc1Oc1ccccc1. The highest BCUT2D eigenvalue weighted by molar-refractivity contribution is 6.17. The maximum Gasteiger partial charge on any atom is 0.169 e. The first-order chi connectivity index (χ1) is 7.90. The molecule has 0 unspecified atom stereocenters. The Kier molecular flexibility index (Phi) is 3.67. The molecule has 0 aliphatic carbocycles. The summed E-state index contributed by atoms with van der Waals surface area (Å²) in [5.41, 5.74) is 0. The van der Waals surface area contributed by atoms with Crippen LogP contribution in [0.2, 0.25) is 0 Å². The van der Waals surface area contributed by atoms with Gasteiger partial charge in [0.2, 0.25) is 0 Å². The number of alkyl halides is 1. The average Bonchev–Trinajstić information content (AvgIpc) is 2.33. The van der Waals surface area contributed by atoms with Gasteiger partial charge in [0.25, 0.3) is 0 Å². The number of hydrogen-bond donors (Lipinski definition) is 0. The smallest absolute Gasteiger partial charge is 0.169 e. The lowest BCUT2D eigenvalue weighted by atomic mass is 10.3. The van der Waals surface area contributed by atoms with E-state index in [0.717, 1.165) is 5.75 Å². The van der Waals surface area contributed by atoms with Crippen molar-refractivity contribution in [2.75, 3.05) is 6.07 Å². The minimum atomic E-state index is 0.106. The van der Waals surface area contributed by atoms with E-state index in [9.17, 15) is 0 Å². The molecule has 0 amide bonds. The largest absolute Gasteiger partial charge is 0.474 e. The van der Waals surface area contributed by atoms with E-state index in [1.165, 1.54) is 0 Å². The van der Waals surface area contributed by atoms with Gasteiger partial charge in [-0.2, -0.15) is 0 Å². The number of para-hydroxylation sites is 3. The van der Waals surface area contributed by atoms with Gasteiger partial charge in [0.05, 0.1) is 0 Å². The number of benzene rings is 2. The summed E-state index contributed by atoms with van der Waals surface area (Å²) in [4.78, 5) is 0. The van der Waals surface area contributed by atoms with Crippen molar-refractivity contribution < 1.29 is 9.47 Å². The molecule has 0 saturated heterocycles. The molecule has 0 saturated carbocycles. The lowest BCUT2D eigenvalue weighted by molar-refractivity contribution is 0.359. The highest BCUT2D eigenvalue weighted by Crippen LogP contribution is 2.30. The second-order valence-corrected chi connectivity index (χ2v) is 3.33. The van der Waals surface area contributed by atoms with Crippen molar-refractivity contribution in [1.29, 1.82) is 0 Å². The Morgan fingerprint density at radius 1 is 0.812 bits per heavy atom. The topological polar surface area (TPSA) is 18.5 Å². The normalized spacial score (nSPS) is 9.81. The van der Waals surface area contributed by atoms with E-state index >= 15 is 0 Å². The molecule has 0 aliphatic rings. The van der Waals surface area contributed by atoms with Crippen molar-refractivity contribution in [2.45, 2.75) is 0 Å². The van der Waals surface area contributed by atoms with Gasteiger partial charge < -0.3 is 9.47 Å². The summed E-state index contributed by atoms with van der Waals surface area (Å²) < 4.78 is 10.9. The third-order valence-corrected chi connectivity index (χ3v) is 2.14. The second kappa shape index (κ2) is 5.42. The van der Waals surface area contributed by atoms with E-state index in [2.05, 4.69) is 0 Å². The minimum absolute atomic E-state index is 0.106. The zero-order valence-electron chi connectivity index (χ0n) is 8.60. The number of ether oxygens (including phenoxy) is 2. The zero-order valence-corrected chi connectivity index (χ0v) is 9.35. The molecule has 0 heterocycles. The summed E-state index contributed by atoms with van der Waals surface area (Å²) in [6.07, 6.45) is 0. The Labute approximate surface area is 99.4 Å². The number of halogens is 1.